The molecule has 3 heteroatoms. The van der Waals surface area contributed by atoms with E-state index in [1.807, 2.05) is 36.5 Å². The molecule has 2 heterocycles. The summed E-state index contributed by atoms with van der Waals surface area (Å²) in [6.45, 7) is 4.98. The van der Waals surface area contributed by atoms with Crippen molar-refractivity contribution in [3.63, 3.8) is 0 Å². The van der Waals surface area contributed by atoms with Crippen molar-refractivity contribution < 1.29 is 0 Å². The van der Waals surface area contributed by atoms with Gasteiger partial charge in [0.05, 0.1) is 17.2 Å². The predicted octanol–water partition coefficient (Wildman–Crippen LogP) is 3.17. The van der Waals surface area contributed by atoms with E-state index >= 15 is 0 Å². The molecular weight excluding hydrogens is 222 g/mol. The summed E-state index contributed by atoms with van der Waals surface area (Å²) >= 11 is 0. The van der Waals surface area contributed by atoms with E-state index in [0.717, 1.165) is 29.8 Å². The lowest BCUT2D eigenvalue weighted by Crippen LogP contribution is -2.38. The standard InChI is InChI=1S/C15H17N3/c1-2-12-7-5-6-10-18(12)15-11-16-13-8-3-4-9-14(13)17-15/h2-4,8-9,11-12H,1,5-7,10H2. The molecule has 1 atom stereocenters. The molecule has 1 aliphatic heterocycles. The number of piperidine rings is 1. The van der Waals surface area contributed by atoms with Gasteiger partial charge >= 0.3 is 0 Å². The summed E-state index contributed by atoms with van der Waals surface area (Å²) in [6.07, 6.45) is 7.56. The number of benzene rings is 1. The Morgan fingerprint density at radius 2 is 2.06 bits per heavy atom. The zero-order chi connectivity index (χ0) is 12.4. The van der Waals surface area contributed by atoms with Crippen LogP contribution in [-0.2, 0) is 0 Å². The molecule has 0 bridgehead atoms. The number of nitrogens with zero attached hydrogens (tertiary/aromatic N) is 3. The van der Waals surface area contributed by atoms with Gasteiger partial charge in [0, 0.05) is 12.6 Å². The molecule has 1 aromatic heterocycles. The Bertz CT molecular complexity index is 564. The third kappa shape index (κ3) is 1.96. The Labute approximate surface area is 107 Å². The maximum absolute atomic E-state index is 4.71. The van der Waals surface area contributed by atoms with Crippen LogP contribution >= 0.6 is 0 Å². The van der Waals surface area contributed by atoms with Crippen molar-refractivity contribution >= 4 is 16.9 Å². The topological polar surface area (TPSA) is 29.0 Å². The molecular formula is C15H17N3. The van der Waals surface area contributed by atoms with E-state index in [1.54, 1.807) is 0 Å². The summed E-state index contributed by atoms with van der Waals surface area (Å²) in [5.41, 5.74) is 1.91. The fourth-order valence-corrected chi connectivity index (χ4v) is 2.57. The summed E-state index contributed by atoms with van der Waals surface area (Å²) in [5.74, 6) is 0.971. The van der Waals surface area contributed by atoms with E-state index in [4.69, 9.17) is 4.98 Å². The van der Waals surface area contributed by atoms with Crippen molar-refractivity contribution in [2.24, 2.45) is 0 Å². The van der Waals surface area contributed by atoms with Crippen LogP contribution in [0.3, 0.4) is 0 Å². The van der Waals surface area contributed by atoms with Crippen LogP contribution in [0.5, 0.6) is 0 Å². The Morgan fingerprint density at radius 1 is 1.22 bits per heavy atom. The first-order valence-corrected chi connectivity index (χ1v) is 6.49. The third-order valence-electron chi connectivity index (χ3n) is 3.55. The highest BCUT2D eigenvalue weighted by molar-refractivity contribution is 5.75. The van der Waals surface area contributed by atoms with Gasteiger partial charge in [0.2, 0.25) is 0 Å². The van der Waals surface area contributed by atoms with Crippen molar-refractivity contribution in [3.05, 3.63) is 43.1 Å². The molecule has 3 nitrogen and oxygen atoms in total. The monoisotopic (exact) mass is 239 g/mol. The van der Waals surface area contributed by atoms with Crippen LogP contribution in [-0.4, -0.2) is 22.6 Å². The molecule has 1 aliphatic rings. The number of aromatic nitrogens is 2. The molecule has 0 radical (unpaired) electrons. The number of para-hydroxylation sites is 2. The van der Waals surface area contributed by atoms with Gasteiger partial charge in [-0.2, -0.15) is 0 Å². The van der Waals surface area contributed by atoms with Crippen molar-refractivity contribution in [2.45, 2.75) is 25.3 Å². The van der Waals surface area contributed by atoms with Crippen LogP contribution in [0, 0.1) is 0 Å². The lowest BCUT2D eigenvalue weighted by atomic mass is 10.0. The molecule has 1 fully saturated rings. The minimum absolute atomic E-state index is 0.397. The van der Waals surface area contributed by atoms with E-state index in [9.17, 15) is 0 Å². The summed E-state index contributed by atoms with van der Waals surface area (Å²) in [5, 5.41) is 0. The Kier molecular flexibility index (Phi) is 2.97. The smallest absolute Gasteiger partial charge is 0.148 e. The van der Waals surface area contributed by atoms with Gasteiger partial charge in [-0.15, -0.1) is 6.58 Å². The minimum atomic E-state index is 0.397. The van der Waals surface area contributed by atoms with E-state index in [1.165, 1.54) is 12.8 Å². The molecule has 1 aromatic carbocycles. The molecule has 0 spiro atoms. The van der Waals surface area contributed by atoms with Gasteiger partial charge < -0.3 is 4.90 Å². The molecule has 1 saturated heterocycles. The minimum Gasteiger partial charge on any atom is -0.349 e. The second-order valence-electron chi connectivity index (χ2n) is 4.71. The van der Waals surface area contributed by atoms with E-state index in [2.05, 4.69) is 16.5 Å². The van der Waals surface area contributed by atoms with Crippen molar-refractivity contribution in [1.29, 1.82) is 0 Å². The number of hydrogen-bond donors (Lipinski definition) is 0. The van der Waals surface area contributed by atoms with E-state index in [0.29, 0.717) is 6.04 Å². The highest BCUT2D eigenvalue weighted by Gasteiger charge is 2.21. The average molecular weight is 239 g/mol. The van der Waals surface area contributed by atoms with E-state index in [-0.39, 0.29) is 0 Å². The Balaban J connectivity index is 1.99. The van der Waals surface area contributed by atoms with Gasteiger partial charge in [0.25, 0.3) is 0 Å². The SMILES string of the molecule is C=CC1CCCCN1c1cnc2ccccc2n1. The maximum atomic E-state index is 4.71. The zero-order valence-corrected chi connectivity index (χ0v) is 10.4. The van der Waals surface area contributed by atoms with Gasteiger partial charge in [-0.3, -0.25) is 4.98 Å². The van der Waals surface area contributed by atoms with Crippen LogP contribution in [0.4, 0.5) is 5.82 Å². The molecule has 3 rings (SSSR count). The fourth-order valence-electron chi connectivity index (χ4n) is 2.57. The summed E-state index contributed by atoms with van der Waals surface area (Å²) in [7, 11) is 0. The van der Waals surface area contributed by atoms with Gasteiger partial charge in [0.15, 0.2) is 0 Å². The summed E-state index contributed by atoms with van der Waals surface area (Å²) in [4.78, 5) is 11.5. The van der Waals surface area contributed by atoms with Gasteiger partial charge in [-0.25, -0.2) is 4.98 Å². The molecule has 18 heavy (non-hydrogen) atoms. The molecule has 0 N–H and O–H groups in total. The maximum Gasteiger partial charge on any atom is 0.148 e. The highest BCUT2D eigenvalue weighted by Crippen LogP contribution is 2.24. The van der Waals surface area contributed by atoms with Crippen LogP contribution in [0.1, 0.15) is 19.3 Å². The number of anilines is 1. The number of hydrogen-bond acceptors (Lipinski definition) is 3. The predicted molar refractivity (Wildman–Crippen MR) is 74.7 cm³/mol. The van der Waals surface area contributed by atoms with Crippen molar-refractivity contribution in [1.82, 2.24) is 9.97 Å². The molecule has 92 valence electrons. The first-order chi connectivity index (χ1) is 8.88. The molecule has 1 unspecified atom stereocenters. The second-order valence-corrected chi connectivity index (χ2v) is 4.71. The third-order valence-corrected chi connectivity index (χ3v) is 3.55. The highest BCUT2D eigenvalue weighted by atomic mass is 15.2. The Hall–Kier alpha value is -1.90. The van der Waals surface area contributed by atoms with Gasteiger partial charge in [-0.05, 0) is 31.4 Å². The van der Waals surface area contributed by atoms with Crippen molar-refractivity contribution in [3.8, 4) is 0 Å². The van der Waals surface area contributed by atoms with Gasteiger partial charge in [0.1, 0.15) is 5.82 Å². The van der Waals surface area contributed by atoms with Crippen LogP contribution in [0.15, 0.2) is 43.1 Å². The second kappa shape index (κ2) is 4.77. The zero-order valence-electron chi connectivity index (χ0n) is 10.4. The van der Waals surface area contributed by atoms with Crippen LogP contribution < -0.4 is 4.90 Å². The normalized spacial score (nSPS) is 20.0. The van der Waals surface area contributed by atoms with Gasteiger partial charge in [-0.1, -0.05) is 18.2 Å². The number of rotatable bonds is 2. The molecule has 0 saturated carbocycles. The fraction of sp³-hybridized carbons (Fsp3) is 0.333. The Morgan fingerprint density at radius 3 is 2.89 bits per heavy atom. The lowest BCUT2D eigenvalue weighted by molar-refractivity contribution is 0.511. The summed E-state index contributed by atoms with van der Waals surface area (Å²) < 4.78 is 0. The first kappa shape index (κ1) is 11.2. The van der Waals surface area contributed by atoms with Crippen LogP contribution in [0.2, 0.25) is 0 Å². The lowest BCUT2D eigenvalue weighted by Gasteiger charge is -2.34. The number of fused-ring (bicyclic) bond motifs is 1. The summed E-state index contributed by atoms with van der Waals surface area (Å²) in [6, 6.07) is 8.40. The first-order valence-electron chi connectivity index (χ1n) is 6.49. The molecule has 0 amide bonds. The van der Waals surface area contributed by atoms with E-state index < -0.39 is 0 Å². The average Bonchev–Trinajstić information content (AvgIpc) is 2.46. The van der Waals surface area contributed by atoms with Crippen LogP contribution in [0.25, 0.3) is 11.0 Å². The largest absolute Gasteiger partial charge is 0.349 e. The molecule has 2 aromatic rings. The molecule has 0 aliphatic carbocycles. The van der Waals surface area contributed by atoms with Crippen molar-refractivity contribution in [2.75, 3.05) is 11.4 Å². The quantitative estimate of drug-likeness (QED) is 0.754.